The fourth-order valence-electron chi connectivity index (χ4n) is 0.888. The van der Waals surface area contributed by atoms with E-state index in [1.165, 1.54) is 0 Å². The van der Waals surface area contributed by atoms with Gasteiger partial charge in [0.25, 0.3) is 0 Å². The number of nitrogens with two attached hydrogens (primary N) is 1. The maximum Gasteiger partial charge on any atom is 0.150 e. The number of aliphatic hydroxyl groups is 1. The SMILES string of the molecule is NC(O)c1ccccc1C=O. The maximum absolute atomic E-state index is 10.4. The molecule has 1 aromatic carbocycles. The molecule has 0 saturated heterocycles. The minimum Gasteiger partial charge on any atom is -0.375 e. The summed E-state index contributed by atoms with van der Waals surface area (Å²) in [5, 5.41) is 8.95. The molecule has 1 atom stereocenters. The van der Waals surface area contributed by atoms with Crippen LogP contribution in [0.15, 0.2) is 24.3 Å². The van der Waals surface area contributed by atoms with Gasteiger partial charge in [0.2, 0.25) is 0 Å². The van der Waals surface area contributed by atoms with E-state index in [1.54, 1.807) is 24.3 Å². The van der Waals surface area contributed by atoms with Crippen molar-refractivity contribution >= 4 is 6.29 Å². The highest BCUT2D eigenvalue weighted by Crippen LogP contribution is 2.11. The van der Waals surface area contributed by atoms with Crippen molar-refractivity contribution in [1.82, 2.24) is 0 Å². The fourth-order valence-corrected chi connectivity index (χ4v) is 0.888. The van der Waals surface area contributed by atoms with Gasteiger partial charge >= 0.3 is 0 Å². The monoisotopic (exact) mass is 151 g/mol. The molecule has 1 aromatic rings. The summed E-state index contributed by atoms with van der Waals surface area (Å²) in [6, 6.07) is 6.67. The van der Waals surface area contributed by atoms with E-state index in [4.69, 9.17) is 10.8 Å². The number of aliphatic hydroxyl groups excluding tert-OH is 1. The van der Waals surface area contributed by atoms with Gasteiger partial charge < -0.3 is 10.8 Å². The fraction of sp³-hybridized carbons (Fsp3) is 0.125. The van der Waals surface area contributed by atoms with Crippen LogP contribution in [-0.4, -0.2) is 11.4 Å². The van der Waals surface area contributed by atoms with Crippen molar-refractivity contribution in [3.8, 4) is 0 Å². The lowest BCUT2D eigenvalue weighted by molar-refractivity contribution is 0.111. The lowest BCUT2D eigenvalue weighted by atomic mass is 10.1. The molecule has 0 aromatic heterocycles. The van der Waals surface area contributed by atoms with Crippen molar-refractivity contribution in [2.24, 2.45) is 5.73 Å². The van der Waals surface area contributed by atoms with Gasteiger partial charge in [-0.2, -0.15) is 0 Å². The summed E-state index contributed by atoms with van der Waals surface area (Å²) in [5.74, 6) is 0. The minimum absolute atomic E-state index is 0.433. The highest BCUT2D eigenvalue weighted by Gasteiger charge is 2.04. The topological polar surface area (TPSA) is 63.3 Å². The largest absolute Gasteiger partial charge is 0.375 e. The molecule has 0 aliphatic heterocycles. The summed E-state index contributed by atoms with van der Waals surface area (Å²) < 4.78 is 0. The number of rotatable bonds is 2. The van der Waals surface area contributed by atoms with Crippen LogP contribution in [0.3, 0.4) is 0 Å². The number of benzene rings is 1. The molecular formula is C8H9NO2. The zero-order valence-corrected chi connectivity index (χ0v) is 5.90. The van der Waals surface area contributed by atoms with Crippen LogP contribution in [0.2, 0.25) is 0 Å². The summed E-state index contributed by atoms with van der Waals surface area (Å²) in [6.45, 7) is 0. The molecule has 0 aliphatic rings. The van der Waals surface area contributed by atoms with Gasteiger partial charge in [0.15, 0.2) is 0 Å². The summed E-state index contributed by atoms with van der Waals surface area (Å²) in [6.07, 6.45) is -0.401. The van der Waals surface area contributed by atoms with Crippen molar-refractivity contribution < 1.29 is 9.90 Å². The Morgan fingerprint density at radius 3 is 2.55 bits per heavy atom. The third kappa shape index (κ3) is 1.63. The second-order valence-corrected chi connectivity index (χ2v) is 2.19. The van der Waals surface area contributed by atoms with Gasteiger partial charge in [-0.3, -0.25) is 4.79 Å². The van der Waals surface area contributed by atoms with Crippen molar-refractivity contribution in [1.29, 1.82) is 0 Å². The first kappa shape index (κ1) is 7.91. The molecule has 0 heterocycles. The Balaban J connectivity index is 3.12. The standard InChI is InChI=1S/C8H9NO2/c9-8(11)7-4-2-1-3-6(7)5-10/h1-5,8,11H,9H2. The molecule has 11 heavy (non-hydrogen) atoms. The average Bonchev–Trinajstić information content (AvgIpc) is 2.04. The highest BCUT2D eigenvalue weighted by atomic mass is 16.3. The maximum atomic E-state index is 10.4. The van der Waals surface area contributed by atoms with E-state index >= 15 is 0 Å². The third-order valence-corrected chi connectivity index (χ3v) is 1.44. The number of hydrogen-bond acceptors (Lipinski definition) is 3. The Kier molecular flexibility index (Phi) is 2.36. The van der Waals surface area contributed by atoms with Crippen LogP contribution < -0.4 is 5.73 Å². The van der Waals surface area contributed by atoms with Crippen molar-refractivity contribution in [3.63, 3.8) is 0 Å². The van der Waals surface area contributed by atoms with Crippen LogP contribution in [-0.2, 0) is 0 Å². The Bertz CT molecular complexity index is 258. The molecule has 0 aliphatic carbocycles. The van der Waals surface area contributed by atoms with Gasteiger partial charge in [-0.1, -0.05) is 24.3 Å². The first-order valence-corrected chi connectivity index (χ1v) is 3.23. The second kappa shape index (κ2) is 3.27. The van der Waals surface area contributed by atoms with E-state index in [2.05, 4.69) is 0 Å². The van der Waals surface area contributed by atoms with E-state index in [-0.39, 0.29) is 0 Å². The smallest absolute Gasteiger partial charge is 0.150 e. The average molecular weight is 151 g/mol. The molecule has 0 amide bonds. The first-order chi connectivity index (χ1) is 5.25. The Labute approximate surface area is 64.5 Å². The molecule has 1 rings (SSSR count). The van der Waals surface area contributed by atoms with Crippen molar-refractivity contribution in [2.45, 2.75) is 6.23 Å². The lowest BCUT2D eigenvalue weighted by Crippen LogP contribution is -2.10. The zero-order valence-electron chi connectivity index (χ0n) is 5.90. The normalized spacial score (nSPS) is 12.5. The van der Waals surface area contributed by atoms with E-state index in [9.17, 15) is 4.79 Å². The highest BCUT2D eigenvalue weighted by molar-refractivity contribution is 5.77. The van der Waals surface area contributed by atoms with Gasteiger partial charge in [0.1, 0.15) is 12.5 Å². The number of carbonyl (C=O) groups is 1. The van der Waals surface area contributed by atoms with Gasteiger partial charge in [0, 0.05) is 11.1 Å². The summed E-state index contributed by atoms with van der Waals surface area (Å²) >= 11 is 0. The van der Waals surface area contributed by atoms with E-state index in [0.29, 0.717) is 17.4 Å². The molecule has 0 bridgehead atoms. The summed E-state index contributed by atoms with van der Waals surface area (Å²) in [4.78, 5) is 10.4. The molecule has 0 fully saturated rings. The van der Waals surface area contributed by atoms with E-state index in [0.717, 1.165) is 0 Å². The van der Waals surface area contributed by atoms with Gasteiger partial charge in [-0.25, -0.2) is 0 Å². The predicted octanol–water partition coefficient (Wildman–Crippen LogP) is 0.449. The minimum atomic E-state index is -1.07. The third-order valence-electron chi connectivity index (χ3n) is 1.44. The van der Waals surface area contributed by atoms with Crippen molar-refractivity contribution in [3.05, 3.63) is 35.4 Å². The molecule has 58 valence electrons. The molecule has 0 spiro atoms. The zero-order chi connectivity index (χ0) is 8.27. The lowest BCUT2D eigenvalue weighted by Gasteiger charge is -2.05. The second-order valence-electron chi connectivity index (χ2n) is 2.19. The number of aldehydes is 1. The van der Waals surface area contributed by atoms with Crippen LogP contribution in [0.4, 0.5) is 0 Å². The van der Waals surface area contributed by atoms with Crippen LogP contribution in [0.25, 0.3) is 0 Å². The molecular weight excluding hydrogens is 142 g/mol. The quantitative estimate of drug-likeness (QED) is 0.476. The molecule has 3 nitrogen and oxygen atoms in total. The molecule has 0 radical (unpaired) electrons. The molecule has 0 saturated carbocycles. The Hall–Kier alpha value is -1.19. The van der Waals surface area contributed by atoms with E-state index in [1.807, 2.05) is 0 Å². The van der Waals surface area contributed by atoms with Gasteiger partial charge in [-0.15, -0.1) is 0 Å². The molecule has 3 heteroatoms. The van der Waals surface area contributed by atoms with E-state index < -0.39 is 6.23 Å². The predicted molar refractivity (Wildman–Crippen MR) is 41.0 cm³/mol. The Morgan fingerprint density at radius 2 is 2.09 bits per heavy atom. The van der Waals surface area contributed by atoms with Crippen LogP contribution >= 0.6 is 0 Å². The van der Waals surface area contributed by atoms with Crippen molar-refractivity contribution in [2.75, 3.05) is 0 Å². The Morgan fingerprint density at radius 1 is 1.45 bits per heavy atom. The molecule has 1 unspecified atom stereocenters. The van der Waals surface area contributed by atoms with Crippen LogP contribution in [0.5, 0.6) is 0 Å². The first-order valence-electron chi connectivity index (χ1n) is 3.23. The van der Waals surface area contributed by atoms with Gasteiger partial charge in [0.05, 0.1) is 0 Å². The van der Waals surface area contributed by atoms with Crippen LogP contribution in [0.1, 0.15) is 22.1 Å². The number of carbonyl (C=O) groups excluding carboxylic acids is 1. The summed E-state index contributed by atoms with van der Waals surface area (Å²) in [7, 11) is 0. The van der Waals surface area contributed by atoms with Gasteiger partial charge in [-0.05, 0) is 0 Å². The number of hydrogen-bond donors (Lipinski definition) is 2. The summed E-state index contributed by atoms with van der Waals surface area (Å²) in [5.41, 5.74) is 6.08. The molecule has 3 N–H and O–H groups in total. The van der Waals surface area contributed by atoms with Crippen LogP contribution in [0, 0.1) is 0 Å².